The Labute approximate surface area is 148 Å². The van der Waals surface area contributed by atoms with Crippen LogP contribution in [0.15, 0.2) is 24.3 Å². The van der Waals surface area contributed by atoms with E-state index in [1.54, 1.807) is 9.80 Å². The van der Waals surface area contributed by atoms with Gasteiger partial charge in [-0.25, -0.2) is 4.79 Å². The normalized spacial score (nSPS) is 10.3. The zero-order chi connectivity index (χ0) is 18.4. The molecule has 1 heterocycles. The SMILES string of the molecule is CCc1ccccc1NC(=O)NCc1nc(N(C)C)nc(N(C)C)n1. The number of carbonyl (C=O) groups excluding carboxylic acids is 1. The highest BCUT2D eigenvalue weighted by atomic mass is 16.2. The summed E-state index contributed by atoms with van der Waals surface area (Å²) in [5, 5.41) is 5.66. The van der Waals surface area contributed by atoms with E-state index in [9.17, 15) is 4.79 Å². The number of hydrogen-bond acceptors (Lipinski definition) is 6. The molecule has 134 valence electrons. The lowest BCUT2D eigenvalue weighted by Crippen LogP contribution is -2.30. The summed E-state index contributed by atoms with van der Waals surface area (Å²) < 4.78 is 0. The minimum atomic E-state index is -0.292. The van der Waals surface area contributed by atoms with Crippen molar-refractivity contribution in [2.24, 2.45) is 0 Å². The second-order valence-corrected chi connectivity index (χ2v) is 5.96. The van der Waals surface area contributed by atoms with E-state index in [1.807, 2.05) is 52.5 Å². The summed E-state index contributed by atoms with van der Waals surface area (Å²) in [7, 11) is 7.45. The maximum atomic E-state index is 12.2. The molecule has 0 radical (unpaired) electrons. The molecule has 2 N–H and O–H groups in total. The van der Waals surface area contributed by atoms with Gasteiger partial charge in [-0.05, 0) is 18.1 Å². The van der Waals surface area contributed by atoms with Crippen molar-refractivity contribution in [2.75, 3.05) is 43.3 Å². The summed E-state index contributed by atoms with van der Waals surface area (Å²) in [6.45, 7) is 2.26. The number of aryl methyl sites for hydroxylation is 1. The fourth-order valence-corrected chi connectivity index (χ4v) is 2.15. The van der Waals surface area contributed by atoms with Gasteiger partial charge in [0.1, 0.15) is 0 Å². The van der Waals surface area contributed by atoms with E-state index in [2.05, 4.69) is 32.5 Å². The maximum absolute atomic E-state index is 12.2. The molecule has 1 aromatic carbocycles. The highest BCUT2D eigenvalue weighted by Gasteiger charge is 2.11. The molecule has 8 nitrogen and oxygen atoms in total. The van der Waals surface area contributed by atoms with E-state index >= 15 is 0 Å². The number of anilines is 3. The van der Waals surface area contributed by atoms with Crippen LogP contribution in [0.5, 0.6) is 0 Å². The third-order valence-corrected chi connectivity index (χ3v) is 3.51. The number of nitrogens with zero attached hydrogens (tertiary/aromatic N) is 5. The third-order valence-electron chi connectivity index (χ3n) is 3.51. The Bertz CT molecular complexity index is 704. The second-order valence-electron chi connectivity index (χ2n) is 5.96. The van der Waals surface area contributed by atoms with Crippen LogP contribution in [0.2, 0.25) is 0 Å². The molecule has 0 spiro atoms. The second kappa shape index (κ2) is 8.27. The number of urea groups is 1. The highest BCUT2D eigenvalue weighted by Crippen LogP contribution is 2.15. The van der Waals surface area contributed by atoms with Crippen LogP contribution in [-0.2, 0) is 13.0 Å². The molecule has 0 aliphatic rings. The fourth-order valence-electron chi connectivity index (χ4n) is 2.15. The summed E-state index contributed by atoms with van der Waals surface area (Å²) in [5.74, 6) is 1.60. The van der Waals surface area contributed by atoms with Crippen molar-refractivity contribution in [3.63, 3.8) is 0 Å². The van der Waals surface area contributed by atoms with Gasteiger partial charge in [0, 0.05) is 33.9 Å². The van der Waals surface area contributed by atoms with Crippen LogP contribution >= 0.6 is 0 Å². The third kappa shape index (κ3) is 5.03. The summed E-state index contributed by atoms with van der Waals surface area (Å²) in [4.78, 5) is 28.9. The van der Waals surface area contributed by atoms with Crippen LogP contribution in [0.1, 0.15) is 18.3 Å². The van der Waals surface area contributed by atoms with E-state index in [1.165, 1.54) is 0 Å². The van der Waals surface area contributed by atoms with Crippen molar-refractivity contribution >= 4 is 23.6 Å². The van der Waals surface area contributed by atoms with Crippen molar-refractivity contribution < 1.29 is 4.79 Å². The number of rotatable bonds is 6. The van der Waals surface area contributed by atoms with Crippen LogP contribution in [-0.4, -0.2) is 49.2 Å². The van der Waals surface area contributed by atoms with Crippen LogP contribution < -0.4 is 20.4 Å². The van der Waals surface area contributed by atoms with Gasteiger partial charge in [-0.2, -0.15) is 15.0 Å². The van der Waals surface area contributed by atoms with Gasteiger partial charge in [0.2, 0.25) is 11.9 Å². The number of para-hydroxylation sites is 1. The standard InChI is InChI=1S/C17H25N7O/c1-6-12-9-7-8-10-13(12)19-17(25)18-11-14-20-15(23(2)3)22-16(21-14)24(4)5/h7-10H,6,11H2,1-5H3,(H2,18,19,25). The van der Waals surface area contributed by atoms with Gasteiger partial charge in [-0.3, -0.25) is 0 Å². The molecule has 0 aliphatic carbocycles. The Morgan fingerprint density at radius 2 is 1.60 bits per heavy atom. The number of carbonyl (C=O) groups is 1. The first kappa shape index (κ1) is 18.4. The quantitative estimate of drug-likeness (QED) is 0.833. The topological polar surface area (TPSA) is 86.3 Å². The minimum absolute atomic E-state index is 0.213. The lowest BCUT2D eigenvalue weighted by molar-refractivity contribution is 0.251. The van der Waals surface area contributed by atoms with Gasteiger partial charge in [0.25, 0.3) is 0 Å². The molecule has 0 saturated carbocycles. The predicted molar refractivity (Wildman–Crippen MR) is 100 cm³/mol. The van der Waals surface area contributed by atoms with Crippen molar-refractivity contribution in [3.8, 4) is 0 Å². The van der Waals surface area contributed by atoms with E-state index in [-0.39, 0.29) is 12.6 Å². The van der Waals surface area contributed by atoms with Crippen molar-refractivity contribution in [1.29, 1.82) is 0 Å². The molecule has 0 unspecified atom stereocenters. The van der Waals surface area contributed by atoms with Gasteiger partial charge < -0.3 is 20.4 Å². The molecule has 25 heavy (non-hydrogen) atoms. The van der Waals surface area contributed by atoms with E-state index in [0.29, 0.717) is 17.7 Å². The molecular weight excluding hydrogens is 318 g/mol. The molecule has 2 amide bonds. The van der Waals surface area contributed by atoms with Crippen molar-refractivity contribution in [3.05, 3.63) is 35.7 Å². The maximum Gasteiger partial charge on any atom is 0.319 e. The van der Waals surface area contributed by atoms with Gasteiger partial charge in [-0.15, -0.1) is 0 Å². The minimum Gasteiger partial charge on any atom is -0.347 e. The van der Waals surface area contributed by atoms with Gasteiger partial charge in [-0.1, -0.05) is 25.1 Å². The molecule has 1 aromatic heterocycles. The summed E-state index contributed by atoms with van der Waals surface area (Å²) in [6.07, 6.45) is 0.850. The zero-order valence-electron chi connectivity index (χ0n) is 15.4. The first-order valence-electron chi connectivity index (χ1n) is 8.13. The predicted octanol–water partition coefficient (Wildman–Crippen LogP) is 1.89. The number of amides is 2. The Balaban J connectivity index is 2.06. The van der Waals surface area contributed by atoms with Crippen LogP contribution in [0, 0.1) is 0 Å². The zero-order valence-corrected chi connectivity index (χ0v) is 15.4. The molecule has 0 aliphatic heterocycles. The van der Waals surface area contributed by atoms with E-state index < -0.39 is 0 Å². The molecule has 2 rings (SSSR count). The molecule has 0 atom stereocenters. The Hall–Kier alpha value is -2.90. The monoisotopic (exact) mass is 343 g/mol. The summed E-state index contributed by atoms with van der Waals surface area (Å²) in [5.41, 5.74) is 1.89. The van der Waals surface area contributed by atoms with Crippen molar-refractivity contribution in [1.82, 2.24) is 20.3 Å². The molecule has 0 fully saturated rings. The summed E-state index contributed by atoms with van der Waals surface area (Å²) >= 11 is 0. The number of benzene rings is 1. The Kier molecular flexibility index (Phi) is 6.10. The largest absolute Gasteiger partial charge is 0.347 e. The van der Waals surface area contributed by atoms with E-state index in [0.717, 1.165) is 17.7 Å². The van der Waals surface area contributed by atoms with Crippen LogP contribution in [0.25, 0.3) is 0 Å². The van der Waals surface area contributed by atoms with Gasteiger partial charge in [0.15, 0.2) is 5.82 Å². The first-order chi connectivity index (χ1) is 11.9. The first-order valence-corrected chi connectivity index (χ1v) is 8.13. The smallest absolute Gasteiger partial charge is 0.319 e. The van der Waals surface area contributed by atoms with E-state index in [4.69, 9.17) is 0 Å². The van der Waals surface area contributed by atoms with Crippen LogP contribution in [0.3, 0.4) is 0 Å². The Morgan fingerprint density at radius 3 is 2.16 bits per heavy atom. The number of hydrogen-bond donors (Lipinski definition) is 2. The van der Waals surface area contributed by atoms with Crippen LogP contribution in [0.4, 0.5) is 22.4 Å². The number of nitrogens with one attached hydrogen (secondary N) is 2. The average Bonchev–Trinajstić information content (AvgIpc) is 2.60. The van der Waals surface area contributed by atoms with Crippen molar-refractivity contribution in [2.45, 2.75) is 19.9 Å². The number of aromatic nitrogens is 3. The van der Waals surface area contributed by atoms with Gasteiger partial charge in [0.05, 0.1) is 6.54 Å². The molecule has 0 saturated heterocycles. The average molecular weight is 343 g/mol. The highest BCUT2D eigenvalue weighted by molar-refractivity contribution is 5.90. The summed E-state index contributed by atoms with van der Waals surface area (Å²) in [6, 6.07) is 7.44. The molecule has 8 heteroatoms. The fraction of sp³-hybridized carbons (Fsp3) is 0.412. The van der Waals surface area contributed by atoms with Gasteiger partial charge >= 0.3 is 6.03 Å². The molecular formula is C17H25N7O. The lowest BCUT2D eigenvalue weighted by atomic mass is 10.1. The molecule has 0 bridgehead atoms. The Morgan fingerprint density at radius 1 is 1.00 bits per heavy atom. The molecule has 2 aromatic rings. The lowest BCUT2D eigenvalue weighted by Gasteiger charge is -2.16.